The quantitative estimate of drug-likeness (QED) is 0.119. The predicted octanol–water partition coefficient (Wildman–Crippen LogP) is 5.97. The van der Waals surface area contributed by atoms with Crippen LogP contribution in [0.3, 0.4) is 0 Å². The predicted molar refractivity (Wildman–Crippen MR) is 160 cm³/mol. The molecule has 12 heteroatoms. The second kappa shape index (κ2) is 13.6. The molecule has 4 N–H and O–H groups in total. The number of carboxylic acids is 2. The van der Waals surface area contributed by atoms with Crippen LogP contribution in [0.2, 0.25) is 0 Å². The van der Waals surface area contributed by atoms with Crippen LogP contribution in [0.5, 0.6) is 0 Å². The van der Waals surface area contributed by atoms with Gasteiger partial charge in [-0.05, 0) is 48.9 Å². The first kappa shape index (κ1) is 30.0. The van der Waals surface area contributed by atoms with Gasteiger partial charge in [0.25, 0.3) is 5.91 Å². The largest absolute Gasteiger partial charge is 0.478 e. The molecule has 0 fully saturated rings. The molecule has 0 radical (unpaired) electrons. The maximum atomic E-state index is 12.8. The average Bonchev–Trinajstić information content (AvgIpc) is 3.40. The number of carboxylic acid groups (broad SMARTS) is 2. The van der Waals surface area contributed by atoms with Gasteiger partial charge in [0.05, 0.1) is 29.1 Å². The highest BCUT2D eigenvalue weighted by Crippen LogP contribution is 2.36. The Hall–Kier alpha value is -4.94. The molecule has 0 atom stereocenters. The summed E-state index contributed by atoms with van der Waals surface area (Å²) in [4.78, 5) is 61.8. The number of thioether (sulfide) groups is 1. The van der Waals surface area contributed by atoms with Gasteiger partial charge in [-0.15, -0.1) is 23.1 Å². The number of anilines is 2. The molecule has 0 aliphatic carbocycles. The fourth-order valence-electron chi connectivity index (χ4n) is 3.91. The van der Waals surface area contributed by atoms with Crippen molar-refractivity contribution < 1.29 is 38.9 Å². The molecule has 0 bridgehead atoms. The summed E-state index contributed by atoms with van der Waals surface area (Å²) in [5.74, 6) is -4.38. The summed E-state index contributed by atoms with van der Waals surface area (Å²) in [6.45, 7) is 1.89. The maximum Gasteiger partial charge on any atom is 0.341 e. The molecule has 42 heavy (non-hydrogen) atoms. The second-order valence-electron chi connectivity index (χ2n) is 8.63. The summed E-state index contributed by atoms with van der Waals surface area (Å²) in [7, 11) is 0. The third-order valence-corrected chi connectivity index (χ3v) is 7.70. The Morgan fingerprint density at radius 2 is 1.62 bits per heavy atom. The van der Waals surface area contributed by atoms with Crippen molar-refractivity contribution in [2.75, 3.05) is 23.0 Å². The first-order valence-electron chi connectivity index (χ1n) is 12.5. The van der Waals surface area contributed by atoms with Crippen LogP contribution in [0.25, 0.3) is 11.1 Å². The van der Waals surface area contributed by atoms with E-state index in [2.05, 4.69) is 10.6 Å². The highest BCUT2D eigenvalue weighted by Gasteiger charge is 2.23. The van der Waals surface area contributed by atoms with Crippen LogP contribution in [-0.2, 0) is 9.53 Å². The number of esters is 1. The Morgan fingerprint density at radius 1 is 0.857 bits per heavy atom. The molecule has 0 saturated carbocycles. The third kappa shape index (κ3) is 7.22. The smallest absolute Gasteiger partial charge is 0.341 e. The molecule has 1 aromatic heterocycles. The van der Waals surface area contributed by atoms with Gasteiger partial charge in [0, 0.05) is 21.5 Å². The minimum atomic E-state index is -1.44. The summed E-state index contributed by atoms with van der Waals surface area (Å²) in [6.07, 6.45) is 0. The van der Waals surface area contributed by atoms with Crippen LogP contribution in [0.15, 0.2) is 83.1 Å². The van der Waals surface area contributed by atoms with E-state index in [1.165, 1.54) is 23.1 Å². The fraction of sp³-hybridized carbons (Fsp3) is 0.100. The Balaban J connectivity index is 1.44. The van der Waals surface area contributed by atoms with Gasteiger partial charge in [-0.2, -0.15) is 0 Å². The van der Waals surface area contributed by atoms with Crippen molar-refractivity contribution in [3.05, 3.63) is 100 Å². The first-order chi connectivity index (χ1) is 20.2. The number of ether oxygens (including phenoxy) is 1. The lowest BCUT2D eigenvalue weighted by molar-refractivity contribution is -0.113. The highest BCUT2D eigenvalue weighted by atomic mass is 32.2. The van der Waals surface area contributed by atoms with E-state index in [0.29, 0.717) is 21.1 Å². The minimum Gasteiger partial charge on any atom is -0.478 e. The Bertz CT molecular complexity index is 1670. The van der Waals surface area contributed by atoms with Crippen LogP contribution >= 0.6 is 23.1 Å². The van der Waals surface area contributed by atoms with Crippen molar-refractivity contribution in [3.8, 4) is 11.1 Å². The Labute approximate surface area is 248 Å². The SMILES string of the molecule is CCOC(=O)c1c(-c2ccccc2)csc1NC(=O)CSc1cccc(NC(=O)c2ccc(C(=O)O)cc2C(=O)O)c1. The van der Waals surface area contributed by atoms with Crippen LogP contribution in [0, 0.1) is 0 Å². The lowest BCUT2D eigenvalue weighted by atomic mass is 10.0. The number of carbonyl (C=O) groups excluding carboxylic acids is 3. The lowest BCUT2D eigenvalue weighted by Gasteiger charge is -2.10. The molecule has 1 heterocycles. The summed E-state index contributed by atoms with van der Waals surface area (Å²) >= 11 is 2.42. The number of amides is 2. The van der Waals surface area contributed by atoms with E-state index < -0.39 is 29.4 Å². The van der Waals surface area contributed by atoms with E-state index in [0.717, 1.165) is 23.8 Å². The Morgan fingerprint density at radius 3 is 2.31 bits per heavy atom. The molecule has 0 aliphatic heterocycles. The molecule has 0 saturated heterocycles. The van der Waals surface area contributed by atoms with Gasteiger partial charge in [-0.3, -0.25) is 9.59 Å². The molecular weight excluding hydrogens is 580 g/mol. The average molecular weight is 605 g/mol. The zero-order chi connectivity index (χ0) is 30.2. The highest BCUT2D eigenvalue weighted by molar-refractivity contribution is 8.00. The minimum absolute atomic E-state index is 0.00194. The van der Waals surface area contributed by atoms with Gasteiger partial charge in [0.15, 0.2) is 0 Å². The van der Waals surface area contributed by atoms with Crippen LogP contribution in [-0.4, -0.2) is 52.3 Å². The van der Waals surface area contributed by atoms with Gasteiger partial charge in [-0.1, -0.05) is 36.4 Å². The zero-order valence-electron chi connectivity index (χ0n) is 22.1. The maximum absolute atomic E-state index is 12.8. The van der Waals surface area contributed by atoms with Crippen molar-refractivity contribution in [2.45, 2.75) is 11.8 Å². The van der Waals surface area contributed by atoms with Crippen molar-refractivity contribution in [3.63, 3.8) is 0 Å². The molecule has 4 rings (SSSR count). The van der Waals surface area contributed by atoms with E-state index in [9.17, 15) is 29.1 Å². The molecular formula is C30H24N2O8S2. The van der Waals surface area contributed by atoms with Gasteiger partial charge >= 0.3 is 17.9 Å². The number of benzene rings is 3. The van der Waals surface area contributed by atoms with Crippen molar-refractivity contribution in [1.29, 1.82) is 0 Å². The summed E-state index contributed by atoms with van der Waals surface area (Å²) in [5.41, 5.74) is 1.21. The number of carbonyl (C=O) groups is 5. The third-order valence-electron chi connectivity index (χ3n) is 5.81. The van der Waals surface area contributed by atoms with Crippen LogP contribution in [0.4, 0.5) is 10.7 Å². The number of nitrogens with one attached hydrogen (secondary N) is 2. The topological polar surface area (TPSA) is 159 Å². The van der Waals surface area contributed by atoms with E-state index in [-0.39, 0.29) is 35.0 Å². The number of rotatable bonds is 11. The van der Waals surface area contributed by atoms with Crippen molar-refractivity contribution in [2.24, 2.45) is 0 Å². The van der Waals surface area contributed by atoms with Crippen LogP contribution in [0.1, 0.15) is 48.4 Å². The van der Waals surface area contributed by atoms with E-state index >= 15 is 0 Å². The summed E-state index contributed by atoms with van der Waals surface area (Å²) in [6, 6.07) is 19.1. The second-order valence-corrected chi connectivity index (χ2v) is 10.6. The molecule has 3 aromatic carbocycles. The molecule has 214 valence electrons. The lowest BCUT2D eigenvalue weighted by Crippen LogP contribution is -2.17. The molecule has 10 nitrogen and oxygen atoms in total. The van der Waals surface area contributed by atoms with Crippen LogP contribution < -0.4 is 10.6 Å². The molecule has 4 aromatic rings. The monoisotopic (exact) mass is 604 g/mol. The Kier molecular flexibility index (Phi) is 9.73. The van der Waals surface area contributed by atoms with Crippen molar-refractivity contribution in [1.82, 2.24) is 0 Å². The first-order valence-corrected chi connectivity index (χ1v) is 14.3. The summed E-state index contributed by atoms with van der Waals surface area (Å²) in [5, 5.41) is 26.2. The molecule has 2 amide bonds. The van der Waals surface area contributed by atoms with E-state index in [1.54, 1.807) is 36.6 Å². The normalized spacial score (nSPS) is 10.5. The molecule has 0 unspecified atom stereocenters. The van der Waals surface area contributed by atoms with Gasteiger partial charge in [-0.25, -0.2) is 14.4 Å². The fourth-order valence-corrected chi connectivity index (χ4v) is 5.64. The standard InChI is InChI=1S/C30H24N2O8S2/c1-2-40-30(39)25-23(17-7-4-3-5-8-17)15-42-27(25)32-24(33)16-41-20-10-6-9-19(14-20)31-26(34)21-12-11-18(28(35)36)13-22(21)29(37)38/h3-15H,2,16H2,1H3,(H,31,34)(H,32,33)(H,35,36)(H,37,38). The number of hydrogen-bond acceptors (Lipinski definition) is 8. The summed E-state index contributed by atoms with van der Waals surface area (Å²) < 4.78 is 5.23. The van der Waals surface area contributed by atoms with Gasteiger partial charge in [0.2, 0.25) is 5.91 Å². The number of thiophene rings is 1. The molecule has 0 aliphatic rings. The molecule has 0 spiro atoms. The van der Waals surface area contributed by atoms with E-state index in [1.807, 2.05) is 30.3 Å². The zero-order valence-corrected chi connectivity index (χ0v) is 23.7. The number of aromatic carboxylic acids is 2. The van der Waals surface area contributed by atoms with Gasteiger partial charge < -0.3 is 25.6 Å². The van der Waals surface area contributed by atoms with E-state index in [4.69, 9.17) is 9.84 Å². The van der Waals surface area contributed by atoms with Gasteiger partial charge in [0.1, 0.15) is 10.6 Å². The number of hydrogen-bond donors (Lipinski definition) is 4. The van der Waals surface area contributed by atoms with Crippen molar-refractivity contribution >= 4 is 63.5 Å².